The fourth-order valence-electron chi connectivity index (χ4n) is 2.53. The Morgan fingerprint density at radius 1 is 1.35 bits per heavy atom. The highest BCUT2D eigenvalue weighted by molar-refractivity contribution is 5.80. The average Bonchev–Trinajstić information content (AvgIpc) is 2.68. The summed E-state index contributed by atoms with van der Waals surface area (Å²) in [6.45, 7) is 2.13. The molecule has 0 radical (unpaired) electrons. The summed E-state index contributed by atoms with van der Waals surface area (Å²) < 4.78 is 0. The minimum Gasteiger partial charge on any atom is -0.398 e. The lowest BCUT2D eigenvalue weighted by molar-refractivity contribution is -0.122. The van der Waals surface area contributed by atoms with Crippen LogP contribution in [0.25, 0.3) is 0 Å². The van der Waals surface area contributed by atoms with E-state index < -0.39 is 0 Å². The van der Waals surface area contributed by atoms with E-state index in [0.29, 0.717) is 12.1 Å². The van der Waals surface area contributed by atoms with Crippen LogP contribution in [0.2, 0.25) is 0 Å². The van der Waals surface area contributed by atoms with E-state index in [-0.39, 0.29) is 11.4 Å². The predicted octanol–water partition coefficient (Wildman–Crippen LogP) is 2.26. The highest BCUT2D eigenvalue weighted by Gasteiger charge is 2.29. The maximum atomic E-state index is 12.0. The van der Waals surface area contributed by atoms with Crippen LogP contribution in [0.3, 0.4) is 0 Å². The molecule has 92 valence electrons. The minimum absolute atomic E-state index is 0.000621. The van der Waals surface area contributed by atoms with Crippen molar-refractivity contribution >= 4 is 11.6 Å². The predicted molar refractivity (Wildman–Crippen MR) is 69.6 cm³/mol. The van der Waals surface area contributed by atoms with Crippen molar-refractivity contribution in [3.05, 3.63) is 29.8 Å². The smallest absolute Gasteiger partial charge is 0.224 e. The summed E-state index contributed by atoms with van der Waals surface area (Å²) in [6, 6.07) is 7.54. The second kappa shape index (κ2) is 4.78. The normalized spacial score (nSPS) is 17.9. The number of nitrogens with one attached hydrogen (secondary N) is 1. The zero-order valence-electron chi connectivity index (χ0n) is 10.3. The molecule has 0 aromatic heterocycles. The van der Waals surface area contributed by atoms with Crippen molar-refractivity contribution in [3.8, 4) is 0 Å². The molecule has 3 nitrogen and oxygen atoms in total. The van der Waals surface area contributed by atoms with Crippen LogP contribution in [-0.2, 0) is 11.2 Å². The second-order valence-electron chi connectivity index (χ2n) is 5.19. The number of nitrogen functional groups attached to an aromatic ring is 1. The molecule has 0 unspecified atom stereocenters. The Morgan fingerprint density at radius 2 is 2.00 bits per heavy atom. The van der Waals surface area contributed by atoms with E-state index in [1.165, 1.54) is 12.8 Å². The molecule has 0 aliphatic heterocycles. The number of benzene rings is 1. The van der Waals surface area contributed by atoms with Gasteiger partial charge in [0.1, 0.15) is 0 Å². The molecule has 0 heterocycles. The molecule has 3 N–H and O–H groups in total. The minimum atomic E-state index is 0.000621. The Bertz CT molecular complexity index is 408. The van der Waals surface area contributed by atoms with Gasteiger partial charge in [0.25, 0.3) is 0 Å². The molecule has 0 spiro atoms. The Balaban J connectivity index is 1.96. The van der Waals surface area contributed by atoms with Crippen LogP contribution in [0.4, 0.5) is 5.69 Å². The first-order valence-electron chi connectivity index (χ1n) is 6.23. The standard InChI is InChI=1S/C14H20N2O/c1-14(8-4-5-9-14)16-13(17)10-11-6-2-3-7-12(11)15/h2-3,6-7H,4-5,8-10,15H2,1H3,(H,16,17). The summed E-state index contributed by atoms with van der Waals surface area (Å²) in [5, 5.41) is 3.14. The molecule has 1 amide bonds. The first kappa shape index (κ1) is 12.0. The maximum absolute atomic E-state index is 12.0. The fraction of sp³-hybridized carbons (Fsp3) is 0.500. The molecule has 1 aliphatic carbocycles. The van der Waals surface area contributed by atoms with E-state index in [1.807, 2.05) is 24.3 Å². The molecule has 0 saturated heterocycles. The van der Waals surface area contributed by atoms with Crippen molar-refractivity contribution in [2.75, 3.05) is 5.73 Å². The molecule has 0 atom stereocenters. The molecular weight excluding hydrogens is 212 g/mol. The first-order chi connectivity index (χ1) is 8.09. The van der Waals surface area contributed by atoms with Gasteiger partial charge in [0.15, 0.2) is 0 Å². The number of para-hydroxylation sites is 1. The van der Waals surface area contributed by atoms with E-state index in [9.17, 15) is 4.79 Å². The molecule has 0 bridgehead atoms. The quantitative estimate of drug-likeness (QED) is 0.785. The Kier molecular flexibility index (Phi) is 3.36. The third-order valence-corrected chi connectivity index (χ3v) is 3.55. The molecular formula is C14H20N2O. The topological polar surface area (TPSA) is 55.1 Å². The van der Waals surface area contributed by atoms with Gasteiger partial charge in [-0.25, -0.2) is 0 Å². The molecule has 2 rings (SSSR count). The number of amides is 1. The van der Waals surface area contributed by atoms with Crippen LogP contribution in [0.5, 0.6) is 0 Å². The second-order valence-corrected chi connectivity index (χ2v) is 5.19. The van der Waals surface area contributed by atoms with Gasteiger partial charge in [-0.05, 0) is 31.4 Å². The maximum Gasteiger partial charge on any atom is 0.224 e. The van der Waals surface area contributed by atoms with Gasteiger partial charge < -0.3 is 11.1 Å². The number of nitrogens with two attached hydrogens (primary N) is 1. The van der Waals surface area contributed by atoms with Gasteiger partial charge in [0, 0.05) is 11.2 Å². The lowest BCUT2D eigenvalue weighted by Crippen LogP contribution is -2.44. The van der Waals surface area contributed by atoms with Crippen molar-refractivity contribution in [2.24, 2.45) is 0 Å². The van der Waals surface area contributed by atoms with Gasteiger partial charge in [0.05, 0.1) is 6.42 Å². The lowest BCUT2D eigenvalue weighted by atomic mass is 10.00. The van der Waals surface area contributed by atoms with Crippen LogP contribution in [0, 0.1) is 0 Å². The van der Waals surface area contributed by atoms with E-state index in [1.54, 1.807) is 0 Å². The first-order valence-corrected chi connectivity index (χ1v) is 6.23. The molecule has 1 aromatic carbocycles. The van der Waals surface area contributed by atoms with Crippen LogP contribution < -0.4 is 11.1 Å². The summed E-state index contributed by atoms with van der Waals surface area (Å²) in [7, 11) is 0. The SMILES string of the molecule is CC1(NC(=O)Cc2ccccc2N)CCCC1. The largest absolute Gasteiger partial charge is 0.398 e. The third-order valence-electron chi connectivity index (χ3n) is 3.55. The van der Waals surface area contributed by atoms with Crippen molar-refractivity contribution in [1.29, 1.82) is 0 Å². The van der Waals surface area contributed by atoms with Crippen molar-refractivity contribution < 1.29 is 4.79 Å². The van der Waals surface area contributed by atoms with E-state index in [0.717, 1.165) is 18.4 Å². The van der Waals surface area contributed by atoms with Crippen LogP contribution in [0.1, 0.15) is 38.2 Å². The summed E-state index contributed by atoms with van der Waals surface area (Å²) in [4.78, 5) is 12.0. The average molecular weight is 232 g/mol. The third kappa shape index (κ3) is 2.99. The molecule has 1 aromatic rings. The van der Waals surface area contributed by atoms with Gasteiger partial charge in [-0.2, -0.15) is 0 Å². The number of carbonyl (C=O) groups is 1. The van der Waals surface area contributed by atoms with Crippen molar-refractivity contribution in [1.82, 2.24) is 5.32 Å². The van der Waals surface area contributed by atoms with E-state index in [4.69, 9.17) is 5.73 Å². The summed E-state index contributed by atoms with van der Waals surface area (Å²) in [6.07, 6.45) is 4.97. The van der Waals surface area contributed by atoms with E-state index in [2.05, 4.69) is 12.2 Å². The lowest BCUT2D eigenvalue weighted by Gasteiger charge is -2.25. The van der Waals surface area contributed by atoms with Crippen LogP contribution in [-0.4, -0.2) is 11.4 Å². The highest BCUT2D eigenvalue weighted by atomic mass is 16.1. The van der Waals surface area contributed by atoms with Gasteiger partial charge in [0.2, 0.25) is 5.91 Å². The zero-order chi connectivity index (χ0) is 12.3. The molecule has 17 heavy (non-hydrogen) atoms. The highest BCUT2D eigenvalue weighted by Crippen LogP contribution is 2.28. The van der Waals surface area contributed by atoms with Gasteiger partial charge >= 0.3 is 0 Å². The molecule has 1 aliphatic rings. The summed E-state index contributed by atoms with van der Waals surface area (Å²) in [5.41, 5.74) is 7.43. The fourth-order valence-corrected chi connectivity index (χ4v) is 2.53. The van der Waals surface area contributed by atoms with E-state index >= 15 is 0 Å². The zero-order valence-corrected chi connectivity index (χ0v) is 10.3. The Labute approximate surface area is 102 Å². The number of carbonyl (C=O) groups excluding carboxylic acids is 1. The summed E-state index contributed by atoms with van der Waals surface area (Å²) >= 11 is 0. The molecule has 3 heteroatoms. The number of hydrogen-bond acceptors (Lipinski definition) is 2. The number of hydrogen-bond donors (Lipinski definition) is 2. The number of anilines is 1. The molecule has 1 saturated carbocycles. The van der Waals surface area contributed by atoms with Crippen molar-refractivity contribution in [2.45, 2.75) is 44.6 Å². The van der Waals surface area contributed by atoms with Gasteiger partial charge in [-0.1, -0.05) is 31.0 Å². The van der Waals surface area contributed by atoms with Crippen molar-refractivity contribution in [3.63, 3.8) is 0 Å². The van der Waals surface area contributed by atoms with Gasteiger partial charge in [-0.15, -0.1) is 0 Å². The number of rotatable bonds is 3. The van der Waals surface area contributed by atoms with Crippen LogP contribution in [0.15, 0.2) is 24.3 Å². The van der Waals surface area contributed by atoms with Gasteiger partial charge in [-0.3, -0.25) is 4.79 Å². The molecule has 1 fully saturated rings. The Hall–Kier alpha value is -1.51. The monoisotopic (exact) mass is 232 g/mol. The van der Waals surface area contributed by atoms with Crippen LogP contribution >= 0.6 is 0 Å². The Morgan fingerprint density at radius 3 is 2.65 bits per heavy atom. The summed E-state index contributed by atoms with van der Waals surface area (Å²) in [5.74, 6) is 0.0762.